The van der Waals surface area contributed by atoms with Crippen LogP contribution in [-0.2, 0) is 4.74 Å². The molecule has 0 spiro atoms. The lowest BCUT2D eigenvalue weighted by molar-refractivity contribution is 0.0526. The van der Waals surface area contributed by atoms with Gasteiger partial charge in [0.2, 0.25) is 0 Å². The van der Waals surface area contributed by atoms with Gasteiger partial charge in [0.25, 0.3) is 5.91 Å². The molecule has 0 atom stereocenters. The van der Waals surface area contributed by atoms with Gasteiger partial charge in [0, 0.05) is 48.8 Å². The Bertz CT molecular complexity index is 1480. The van der Waals surface area contributed by atoms with Crippen molar-refractivity contribution in [2.45, 2.75) is 6.92 Å². The van der Waals surface area contributed by atoms with Crippen molar-refractivity contribution in [1.29, 1.82) is 0 Å². The molecule has 0 aliphatic carbocycles. The third-order valence-electron chi connectivity index (χ3n) is 6.71. The number of ether oxygens (including phenoxy) is 1. The molecule has 1 aliphatic rings. The van der Waals surface area contributed by atoms with Gasteiger partial charge in [-0.1, -0.05) is 30.3 Å². The van der Waals surface area contributed by atoms with Crippen molar-refractivity contribution in [3.63, 3.8) is 0 Å². The Hall–Kier alpha value is -4.85. The topological polar surface area (TPSA) is 91.0 Å². The molecular weight excluding hydrogens is 492 g/mol. The summed E-state index contributed by atoms with van der Waals surface area (Å²) in [4.78, 5) is 41.4. The first-order valence-electron chi connectivity index (χ1n) is 13.0. The van der Waals surface area contributed by atoms with Crippen molar-refractivity contribution in [3.05, 3.63) is 102 Å². The molecule has 2 N–H and O–H groups in total. The monoisotopic (exact) mass is 522 g/mol. The number of nitrogens with one attached hydrogen (secondary N) is 2. The van der Waals surface area contributed by atoms with Gasteiger partial charge >= 0.3 is 12.0 Å². The van der Waals surface area contributed by atoms with E-state index in [-0.39, 0.29) is 11.9 Å². The molecule has 39 heavy (non-hydrogen) atoms. The predicted molar refractivity (Wildman–Crippen MR) is 154 cm³/mol. The van der Waals surface area contributed by atoms with E-state index in [9.17, 15) is 14.4 Å². The number of hydrogen-bond donors (Lipinski definition) is 2. The minimum absolute atomic E-state index is 0.0569. The van der Waals surface area contributed by atoms with E-state index in [2.05, 4.69) is 15.5 Å². The number of fused-ring (bicyclic) bond motifs is 1. The SMILES string of the molecule is CCOC(=O)c1ccc(NC(=O)Nc2ccc(N3CCN(C(=O)c4ccc5ccccc5c4)CC3)cc2)cc1. The maximum Gasteiger partial charge on any atom is 0.338 e. The first-order valence-corrected chi connectivity index (χ1v) is 13.0. The number of amides is 3. The number of esters is 1. The third-order valence-corrected chi connectivity index (χ3v) is 6.71. The van der Waals surface area contributed by atoms with Gasteiger partial charge in [0.15, 0.2) is 0 Å². The van der Waals surface area contributed by atoms with E-state index in [1.807, 2.05) is 71.6 Å². The fourth-order valence-corrected chi connectivity index (χ4v) is 4.63. The highest BCUT2D eigenvalue weighted by atomic mass is 16.5. The summed E-state index contributed by atoms with van der Waals surface area (Å²) in [6, 6.07) is 27.7. The standard InChI is InChI=1S/C31H30N4O4/c1-2-39-30(37)23-9-11-26(12-10-23)32-31(38)33-27-13-15-28(16-14-27)34-17-19-35(20-18-34)29(36)25-8-7-22-5-3-4-6-24(22)21-25/h3-16,21H,2,17-20H2,1H3,(H2,32,33,38). The highest BCUT2D eigenvalue weighted by molar-refractivity contribution is 6.00. The van der Waals surface area contributed by atoms with Crippen LogP contribution in [-0.4, -0.2) is 55.6 Å². The predicted octanol–water partition coefficient (Wildman–Crippen LogP) is 5.62. The zero-order chi connectivity index (χ0) is 27.2. The Morgan fingerprint density at radius 2 is 1.31 bits per heavy atom. The van der Waals surface area contributed by atoms with E-state index in [4.69, 9.17) is 4.74 Å². The van der Waals surface area contributed by atoms with E-state index in [1.54, 1.807) is 31.2 Å². The second-order valence-electron chi connectivity index (χ2n) is 9.26. The largest absolute Gasteiger partial charge is 0.462 e. The van der Waals surface area contributed by atoms with Gasteiger partial charge in [0.05, 0.1) is 12.2 Å². The summed E-state index contributed by atoms with van der Waals surface area (Å²) in [6.07, 6.45) is 0. The van der Waals surface area contributed by atoms with E-state index in [0.717, 1.165) is 29.5 Å². The van der Waals surface area contributed by atoms with Crippen LogP contribution in [0.25, 0.3) is 10.8 Å². The van der Waals surface area contributed by atoms with Crippen molar-refractivity contribution >= 4 is 45.7 Å². The number of urea groups is 1. The molecule has 1 aliphatic heterocycles. The number of hydrogen-bond acceptors (Lipinski definition) is 5. The third kappa shape index (κ3) is 6.18. The van der Waals surface area contributed by atoms with E-state index >= 15 is 0 Å². The van der Waals surface area contributed by atoms with Crippen molar-refractivity contribution in [1.82, 2.24) is 4.90 Å². The Morgan fingerprint density at radius 1 is 0.718 bits per heavy atom. The Labute approximate surface area is 227 Å². The molecule has 1 heterocycles. The van der Waals surface area contributed by atoms with Crippen LogP contribution >= 0.6 is 0 Å². The first kappa shape index (κ1) is 25.8. The molecule has 8 nitrogen and oxygen atoms in total. The molecule has 3 amide bonds. The molecule has 5 rings (SSSR count). The van der Waals surface area contributed by atoms with Gasteiger partial charge in [-0.2, -0.15) is 0 Å². The lowest BCUT2D eigenvalue weighted by Crippen LogP contribution is -2.48. The summed E-state index contributed by atoms with van der Waals surface area (Å²) in [7, 11) is 0. The second kappa shape index (κ2) is 11.7. The van der Waals surface area contributed by atoms with Gasteiger partial charge in [-0.25, -0.2) is 9.59 Å². The molecule has 0 unspecified atom stereocenters. The summed E-state index contributed by atoms with van der Waals surface area (Å²) >= 11 is 0. The molecule has 0 bridgehead atoms. The molecule has 0 radical (unpaired) electrons. The molecule has 0 saturated carbocycles. The molecule has 1 saturated heterocycles. The molecule has 0 aromatic heterocycles. The second-order valence-corrected chi connectivity index (χ2v) is 9.26. The summed E-state index contributed by atoms with van der Waals surface area (Å²) in [6.45, 7) is 4.80. The van der Waals surface area contributed by atoms with Crippen LogP contribution in [0.2, 0.25) is 0 Å². The minimum Gasteiger partial charge on any atom is -0.462 e. The Balaban J connectivity index is 1.12. The van der Waals surface area contributed by atoms with Gasteiger partial charge < -0.3 is 25.2 Å². The van der Waals surface area contributed by atoms with Gasteiger partial charge in [-0.05, 0) is 78.4 Å². The zero-order valence-electron chi connectivity index (χ0n) is 21.7. The van der Waals surface area contributed by atoms with Crippen LogP contribution in [0.1, 0.15) is 27.6 Å². The zero-order valence-corrected chi connectivity index (χ0v) is 21.7. The molecular formula is C31H30N4O4. The lowest BCUT2D eigenvalue weighted by Gasteiger charge is -2.36. The maximum atomic E-state index is 13.1. The lowest BCUT2D eigenvalue weighted by atomic mass is 10.1. The van der Waals surface area contributed by atoms with E-state index in [0.29, 0.717) is 42.2 Å². The number of carbonyl (C=O) groups is 3. The van der Waals surface area contributed by atoms with Gasteiger partial charge in [-0.3, -0.25) is 4.79 Å². The summed E-state index contributed by atoms with van der Waals surface area (Å²) in [5.41, 5.74) is 3.40. The average Bonchev–Trinajstić information content (AvgIpc) is 2.97. The molecule has 4 aromatic rings. The highest BCUT2D eigenvalue weighted by Gasteiger charge is 2.22. The Morgan fingerprint density at radius 3 is 1.95 bits per heavy atom. The number of carbonyl (C=O) groups excluding carboxylic acids is 3. The number of piperazine rings is 1. The number of anilines is 3. The number of rotatable bonds is 6. The van der Waals surface area contributed by atoms with Crippen LogP contribution in [0.5, 0.6) is 0 Å². The summed E-state index contributed by atoms with van der Waals surface area (Å²) in [5, 5.41) is 7.76. The fourth-order valence-electron chi connectivity index (χ4n) is 4.63. The molecule has 198 valence electrons. The quantitative estimate of drug-likeness (QED) is 0.321. The Kier molecular flexibility index (Phi) is 7.73. The van der Waals surface area contributed by atoms with Crippen molar-refractivity contribution in [2.24, 2.45) is 0 Å². The number of nitrogens with zero attached hydrogens (tertiary/aromatic N) is 2. The molecule has 4 aromatic carbocycles. The molecule has 1 fully saturated rings. The van der Waals surface area contributed by atoms with Crippen LogP contribution < -0.4 is 15.5 Å². The average molecular weight is 523 g/mol. The van der Waals surface area contributed by atoms with Gasteiger partial charge in [0.1, 0.15) is 0 Å². The van der Waals surface area contributed by atoms with E-state index in [1.165, 1.54) is 0 Å². The van der Waals surface area contributed by atoms with Crippen LogP contribution in [0.4, 0.5) is 21.9 Å². The van der Waals surface area contributed by atoms with Crippen molar-refractivity contribution in [3.8, 4) is 0 Å². The normalized spacial score (nSPS) is 13.2. The minimum atomic E-state index is -0.397. The van der Waals surface area contributed by atoms with Crippen LogP contribution in [0.15, 0.2) is 91.0 Å². The van der Waals surface area contributed by atoms with Crippen molar-refractivity contribution < 1.29 is 19.1 Å². The highest BCUT2D eigenvalue weighted by Crippen LogP contribution is 2.22. The van der Waals surface area contributed by atoms with Crippen LogP contribution in [0, 0.1) is 0 Å². The fraction of sp³-hybridized carbons (Fsp3) is 0.194. The number of benzene rings is 4. The van der Waals surface area contributed by atoms with Crippen LogP contribution in [0.3, 0.4) is 0 Å². The van der Waals surface area contributed by atoms with E-state index < -0.39 is 5.97 Å². The molecule has 8 heteroatoms. The van der Waals surface area contributed by atoms with Gasteiger partial charge in [-0.15, -0.1) is 0 Å². The smallest absolute Gasteiger partial charge is 0.338 e. The van der Waals surface area contributed by atoms with Crippen molar-refractivity contribution in [2.75, 3.05) is 48.3 Å². The summed E-state index contributed by atoms with van der Waals surface area (Å²) in [5.74, 6) is -0.340. The first-order chi connectivity index (χ1) is 19.0. The summed E-state index contributed by atoms with van der Waals surface area (Å²) < 4.78 is 4.97. The maximum absolute atomic E-state index is 13.1.